The second-order valence-corrected chi connectivity index (χ2v) is 23.0. The number of nitro groups is 2. The zero-order valence-corrected chi connectivity index (χ0v) is 48.5. The summed E-state index contributed by atoms with van der Waals surface area (Å²) in [5, 5.41) is 26.7. The van der Waals surface area contributed by atoms with Crippen LogP contribution in [0.3, 0.4) is 0 Å². The van der Waals surface area contributed by atoms with Gasteiger partial charge in [0.1, 0.15) is 42.0 Å². The average molecular weight is 1160 g/mol. The molecule has 7 aromatic rings. The molecule has 1 fully saturated rings. The van der Waals surface area contributed by atoms with E-state index in [0.29, 0.717) is 11.5 Å². The first-order chi connectivity index (χ1) is 39.2. The molecular weight excluding hydrogens is 1100 g/mol. The number of aromatic nitrogens is 4. The van der Waals surface area contributed by atoms with E-state index in [4.69, 9.17) is 32.7 Å². The molecule has 0 spiro atoms. The van der Waals surface area contributed by atoms with Crippen LogP contribution in [0.25, 0.3) is 11.2 Å². The number of nitro benzene ring substituents is 2. The van der Waals surface area contributed by atoms with Gasteiger partial charge in [-0.2, -0.15) is 4.98 Å². The lowest BCUT2D eigenvalue weighted by atomic mass is 9.80. The number of para-hydroxylation sites is 2. The van der Waals surface area contributed by atoms with Gasteiger partial charge >= 0.3 is 6.09 Å². The molecule has 1 aliphatic rings. The molecule has 0 saturated carbocycles. The lowest BCUT2D eigenvalue weighted by Crippen LogP contribution is -2.39. The number of anilines is 1. The van der Waals surface area contributed by atoms with E-state index in [9.17, 15) is 34.6 Å². The number of nitrogens with one attached hydrogen (secondary N) is 2. The predicted octanol–water partition coefficient (Wildman–Crippen LogP) is 11.6. The molecule has 8 rings (SSSR count). The number of thioether (sulfide) groups is 1. The number of nitrogens with zero attached hydrogens (tertiary/aromatic N) is 6. The van der Waals surface area contributed by atoms with Crippen molar-refractivity contribution >= 4 is 60.0 Å². The number of aromatic amines is 1. The highest BCUT2D eigenvalue weighted by Crippen LogP contribution is 2.52. The first kappa shape index (κ1) is 60.5. The van der Waals surface area contributed by atoms with E-state index in [1.165, 1.54) is 54.9 Å². The molecule has 4 atom stereocenters. The zero-order chi connectivity index (χ0) is 58.9. The van der Waals surface area contributed by atoms with Crippen LogP contribution in [0.15, 0.2) is 139 Å². The molecular formula is C58H65N8O14PS. The quantitative estimate of drug-likeness (QED) is 0.0187. The number of fused-ring (bicyclic) bond motifs is 1. The number of rotatable bonds is 24. The fourth-order valence-corrected chi connectivity index (χ4v) is 12.3. The van der Waals surface area contributed by atoms with Crippen molar-refractivity contribution in [3.05, 3.63) is 192 Å². The highest BCUT2D eigenvalue weighted by molar-refractivity contribution is 8.13. The molecule has 1 unspecified atom stereocenters. The summed E-state index contributed by atoms with van der Waals surface area (Å²) in [7, 11) is 1.30. The van der Waals surface area contributed by atoms with Crippen LogP contribution in [0.5, 0.6) is 11.5 Å². The van der Waals surface area contributed by atoms with Crippen LogP contribution in [0, 0.1) is 25.6 Å². The number of imidazole rings is 1. The first-order valence-corrected chi connectivity index (χ1v) is 28.4. The third kappa shape index (κ3) is 13.6. The number of carbonyl (C=O) groups is 2. The van der Waals surface area contributed by atoms with Gasteiger partial charge in [-0.25, -0.2) is 14.4 Å². The van der Waals surface area contributed by atoms with Crippen LogP contribution in [0.1, 0.15) is 94.9 Å². The Hall–Kier alpha value is -7.63. The Labute approximate surface area is 479 Å². The van der Waals surface area contributed by atoms with Gasteiger partial charge in [0.25, 0.3) is 25.5 Å². The van der Waals surface area contributed by atoms with Crippen molar-refractivity contribution in [2.75, 3.05) is 38.7 Å². The Morgan fingerprint density at radius 1 is 0.817 bits per heavy atom. The molecule has 22 nitrogen and oxygen atoms in total. The summed E-state index contributed by atoms with van der Waals surface area (Å²) in [5.74, 6) is -0.215. The second kappa shape index (κ2) is 26.5. The SMILES string of the molecule is COc1ccc(C(OC[C@H]2O[C@@H](n3cnc4c(=O)[nH]c(NC(=O)OCC(c5ccccc5[N+](=O)[O-])c5ccccc5[N+](=O)[O-])nc43)C[C@@H]2OP(OCSC(=O)C(C)(C)C)N(C(C)C)C(C)C)(c2ccccc2)c2ccc(OC)cc2)cc1. The van der Waals surface area contributed by atoms with Crippen molar-refractivity contribution in [2.24, 2.45) is 5.41 Å². The van der Waals surface area contributed by atoms with Crippen LogP contribution in [0.4, 0.5) is 22.1 Å². The van der Waals surface area contributed by atoms with Gasteiger partial charge in [-0.3, -0.25) is 44.7 Å². The predicted molar refractivity (Wildman–Crippen MR) is 310 cm³/mol. The lowest BCUT2D eigenvalue weighted by molar-refractivity contribution is -0.386. The van der Waals surface area contributed by atoms with E-state index < -0.39 is 72.0 Å². The second-order valence-electron chi connectivity index (χ2n) is 20.7. The topological polar surface area (TPSA) is 264 Å². The average Bonchev–Trinajstić information content (AvgIpc) is 4.10. The van der Waals surface area contributed by atoms with Gasteiger partial charge < -0.3 is 32.7 Å². The van der Waals surface area contributed by atoms with Crippen LogP contribution in [0.2, 0.25) is 0 Å². The minimum Gasteiger partial charge on any atom is -0.497 e. The van der Waals surface area contributed by atoms with Crippen LogP contribution in [-0.4, -0.2) is 103 Å². The van der Waals surface area contributed by atoms with Crippen molar-refractivity contribution in [2.45, 2.75) is 96.9 Å². The van der Waals surface area contributed by atoms with E-state index >= 15 is 0 Å². The summed E-state index contributed by atoms with van der Waals surface area (Å²) < 4.78 is 48.6. The number of ether oxygens (including phenoxy) is 5. The summed E-state index contributed by atoms with van der Waals surface area (Å²) in [6.45, 7) is 13.0. The largest absolute Gasteiger partial charge is 0.497 e. The van der Waals surface area contributed by atoms with Gasteiger partial charge in [0.2, 0.25) is 5.95 Å². The highest BCUT2D eigenvalue weighted by atomic mass is 32.2. The zero-order valence-electron chi connectivity index (χ0n) is 46.7. The molecule has 82 heavy (non-hydrogen) atoms. The molecule has 0 aliphatic carbocycles. The smallest absolute Gasteiger partial charge is 0.414 e. The summed E-state index contributed by atoms with van der Waals surface area (Å²) in [5.41, 5.74) is -0.893. The molecule has 1 aliphatic heterocycles. The number of methoxy groups -OCH3 is 2. The van der Waals surface area contributed by atoms with E-state index in [2.05, 4.69) is 24.9 Å². The third-order valence-electron chi connectivity index (χ3n) is 13.6. The summed E-state index contributed by atoms with van der Waals surface area (Å²) in [6.07, 6.45) is -2.15. The van der Waals surface area contributed by atoms with Gasteiger partial charge in [-0.05, 0) is 68.7 Å². The maximum absolute atomic E-state index is 13.8. The normalized spacial score (nSPS) is 16.0. The maximum atomic E-state index is 13.8. The van der Waals surface area contributed by atoms with Gasteiger partial charge in [0.15, 0.2) is 16.3 Å². The number of carbonyl (C=O) groups excluding carboxylic acids is 2. The number of hydrogen-bond acceptors (Lipinski definition) is 18. The van der Waals surface area contributed by atoms with Crippen molar-refractivity contribution in [3.8, 4) is 11.5 Å². The van der Waals surface area contributed by atoms with Gasteiger partial charge in [0.05, 0.1) is 49.0 Å². The van der Waals surface area contributed by atoms with E-state index in [1.807, 2.05) is 127 Å². The maximum Gasteiger partial charge on any atom is 0.414 e. The molecule has 5 aromatic carbocycles. The minimum absolute atomic E-state index is 0.0120. The molecule has 432 valence electrons. The highest BCUT2D eigenvalue weighted by Gasteiger charge is 2.46. The van der Waals surface area contributed by atoms with Gasteiger partial charge in [0, 0.05) is 47.2 Å². The summed E-state index contributed by atoms with van der Waals surface area (Å²) >= 11 is 1.07. The number of hydrogen-bond donors (Lipinski definition) is 2. The standard InChI is InChI=1S/C58H65N8O14PS/c1-36(2)64(37(3)4)81(78-35-82-54(68)57(5,6)7)80-48-31-50(79-49(48)33-77-58(38-17-11-10-12-18-38,39-23-27-41(74-8)28-24-39)40-25-29-42(75-9)30-26-40)63-34-59-51-52(63)60-55(61-53(51)67)62-56(69)76-32-45(43-19-13-15-21-46(43)65(70)71)44-20-14-16-22-47(44)66(72)73/h10-30,34,36-37,45,48-50H,31-33,35H2,1-9H3,(H2,60,61,62,67,69)/t48-,49+,50+,81?/m0/s1. The Kier molecular flexibility index (Phi) is 19.6. The molecule has 0 radical (unpaired) electrons. The number of amides is 1. The Balaban J connectivity index is 1.15. The van der Waals surface area contributed by atoms with Crippen molar-refractivity contribution in [3.63, 3.8) is 0 Å². The number of H-pyrrole nitrogens is 1. The van der Waals surface area contributed by atoms with Crippen LogP contribution >= 0.6 is 20.3 Å². The van der Waals surface area contributed by atoms with Crippen LogP contribution < -0.4 is 20.3 Å². The van der Waals surface area contributed by atoms with E-state index in [0.717, 1.165) is 28.5 Å². The molecule has 2 aromatic heterocycles. The Bertz CT molecular complexity index is 3300. The first-order valence-electron chi connectivity index (χ1n) is 26.3. The molecule has 2 N–H and O–H groups in total. The molecule has 0 bridgehead atoms. The fraction of sp³-hybridized carbons (Fsp3) is 0.362. The molecule has 3 heterocycles. The third-order valence-corrected chi connectivity index (χ3v) is 17.0. The summed E-state index contributed by atoms with van der Waals surface area (Å²) in [6, 6.07) is 36.2. The number of benzene rings is 5. The van der Waals surface area contributed by atoms with Gasteiger partial charge in [-0.1, -0.05) is 124 Å². The van der Waals surface area contributed by atoms with E-state index in [-0.39, 0.29) is 75.8 Å². The lowest BCUT2D eigenvalue weighted by Gasteiger charge is -2.39. The van der Waals surface area contributed by atoms with Crippen molar-refractivity contribution in [1.29, 1.82) is 0 Å². The monoisotopic (exact) mass is 1160 g/mol. The summed E-state index contributed by atoms with van der Waals surface area (Å²) in [4.78, 5) is 75.3. The molecule has 24 heteroatoms. The Morgan fingerprint density at radius 3 is 1.88 bits per heavy atom. The molecule has 1 amide bonds. The minimum atomic E-state index is -1.90. The van der Waals surface area contributed by atoms with Crippen molar-refractivity contribution < 1.29 is 52.2 Å². The molecule has 1 saturated heterocycles. The Morgan fingerprint density at radius 2 is 1.35 bits per heavy atom. The van der Waals surface area contributed by atoms with E-state index in [1.54, 1.807) is 18.8 Å². The van der Waals surface area contributed by atoms with Crippen LogP contribution in [-0.2, 0) is 33.7 Å². The van der Waals surface area contributed by atoms with Gasteiger partial charge in [-0.15, -0.1) is 0 Å². The fourth-order valence-electron chi connectivity index (χ4n) is 9.73. The van der Waals surface area contributed by atoms with Crippen molar-refractivity contribution in [1.82, 2.24) is 24.2 Å².